The summed E-state index contributed by atoms with van der Waals surface area (Å²) in [5.41, 5.74) is 0. The van der Waals surface area contributed by atoms with Gasteiger partial charge in [-0.3, -0.25) is 4.79 Å². The Hall–Kier alpha value is -0.610. The first-order valence-electron chi connectivity index (χ1n) is 8.70. The molecular weight excluding hydrogens is 423 g/mol. The second kappa shape index (κ2) is 17.2. The molecule has 0 rings (SSSR count). The molecule has 3 amide bonds. The quantitative estimate of drug-likeness (QED) is 0.0797. The standard InChI is InChI=1S/C16H34IN4O3/c1-14(2)8-7-11-18-15(22)9-5-4-6-10-19-16(23)20-12-13-24-21-17-3/h14,21H,4-13H2,1-3H3,(H,18,22)(H2,19,20,23)/q-1. The van der Waals surface area contributed by atoms with Crippen molar-refractivity contribution in [1.29, 1.82) is 0 Å². The Morgan fingerprint density at radius 3 is 2.38 bits per heavy atom. The van der Waals surface area contributed by atoms with Crippen molar-refractivity contribution in [1.82, 2.24) is 19.6 Å². The smallest absolute Gasteiger partial charge is 0.356 e. The van der Waals surface area contributed by atoms with E-state index in [1.54, 1.807) is 0 Å². The van der Waals surface area contributed by atoms with Crippen molar-refractivity contribution in [3.63, 3.8) is 0 Å². The molecule has 0 aromatic carbocycles. The minimum absolute atomic E-state index is 0.0840. The van der Waals surface area contributed by atoms with Gasteiger partial charge in [-0.2, -0.15) is 0 Å². The zero-order chi connectivity index (χ0) is 18.0. The summed E-state index contributed by atoms with van der Waals surface area (Å²) in [4.78, 5) is 30.2. The van der Waals surface area contributed by atoms with Gasteiger partial charge in [0.25, 0.3) is 0 Å². The van der Waals surface area contributed by atoms with Crippen LogP contribution in [0.4, 0.5) is 4.79 Å². The van der Waals surface area contributed by atoms with Crippen LogP contribution in [0.3, 0.4) is 0 Å². The first-order chi connectivity index (χ1) is 11.6. The summed E-state index contributed by atoms with van der Waals surface area (Å²) in [7, 11) is 0. The van der Waals surface area contributed by atoms with Crippen molar-refractivity contribution in [3.8, 4) is 0 Å². The van der Waals surface area contributed by atoms with Crippen LogP contribution in [0.5, 0.6) is 0 Å². The van der Waals surface area contributed by atoms with Gasteiger partial charge in [-0.25, -0.2) is 0 Å². The van der Waals surface area contributed by atoms with Crippen LogP contribution in [0.25, 0.3) is 0 Å². The Balaban J connectivity index is 3.31. The molecule has 0 unspecified atom stereocenters. The minimum Gasteiger partial charge on any atom is -0.356 e. The van der Waals surface area contributed by atoms with Crippen molar-refractivity contribution in [2.75, 3.05) is 31.2 Å². The number of unbranched alkanes of at least 4 members (excludes halogenated alkanes) is 2. The zero-order valence-corrected chi connectivity index (χ0v) is 17.4. The molecule has 4 N–H and O–H groups in total. The molecule has 0 heterocycles. The van der Waals surface area contributed by atoms with Crippen molar-refractivity contribution < 1.29 is 35.9 Å². The predicted octanol–water partition coefficient (Wildman–Crippen LogP) is -1.45. The Labute approximate surface area is 157 Å². The minimum atomic E-state index is -0.173. The van der Waals surface area contributed by atoms with Gasteiger partial charge in [0.1, 0.15) is 0 Å². The van der Waals surface area contributed by atoms with E-state index in [-0.39, 0.29) is 33.4 Å². The Morgan fingerprint density at radius 2 is 1.67 bits per heavy atom. The van der Waals surface area contributed by atoms with Crippen molar-refractivity contribution >= 4 is 11.9 Å². The summed E-state index contributed by atoms with van der Waals surface area (Å²) in [6.07, 6.45) is 5.44. The summed E-state index contributed by atoms with van der Waals surface area (Å²) >= 11 is -0.0840. The number of urea groups is 1. The Morgan fingerprint density at radius 1 is 0.958 bits per heavy atom. The van der Waals surface area contributed by atoms with E-state index >= 15 is 0 Å². The number of halogens is 1. The van der Waals surface area contributed by atoms with Crippen LogP contribution < -0.4 is 41.1 Å². The normalized spacial score (nSPS) is 10.8. The third-order valence-corrected chi connectivity index (χ3v) is 4.02. The fourth-order valence-electron chi connectivity index (χ4n) is 1.99. The van der Waals surface area contributed by atoms with Gasteiger partial charge in [0.2, 0.25) is 5.91 Å². The SMILES string of the molecule is C[I-]NOCCNC(=O)NCCCCCC(=O)NCCCC(C)C. The maximum atomic E-state index is 11.6. The van der Waals surface area contributed by atoms with Gasteiger partial charge in [-0.15, -0.1) is 0 Å². The van der Waals surface area contributed by atoms with E-state index in [9.17, 15) is 9.59 Å². The number of carbonyl (C=O) groups excluding carboxylic acids is 2. The van der Waals surface area contributed by atoms with E-state index in [0.29, 0.717) is 32.0 Å². The molecule has 0 fully saturated rings. The van der Waals surface area contributed by atoms with Crippen LogP contribution in [-0.2, 0) is 9.63 Å². The molecule has 144 valence electrons. The molecule has 24 heavy (non-hydrogen) atoms. The first-order valence-corrected chi connectivity index (χ1v) is 11.9. The average molecular weight is 457 g/mol. The maximum absolute atomic E-state index is 11.6. The first kappa shape index (κ1) is 23.4. The van der Waals surface area contributed by atoms with Gasteiger partial charge >= 0.3 is 102 Å². The molecule has 7 nitrogen and oxygen atoms in total. The molecule has 0 aromatic heterocycles. The molecule has 0 aliphatic heterocycles. The molecule has 0 saturated heterocycles. The summed E-state index contributed by atoms with van der Waals surface area (Å²) < 4.78 is 2.82. The number of alkyl halides is 1. The Kier molecular flexibility index (Phi) is 16.8. The van der Waals surface area contributed by atoms with E-state index < -0.39 is 0 Å². The number of hydrogen-bond acceptors (Lipinski definition) is 4. The molecule has 8 heteroatoms. The summed E-state index contributed by atoms with van der Waals surface area (Å²) in [6.45, 7) is 6.73. The Bertz CT molecular complexity index is 330. The van der Waals surface area contributed by atoms with E-state index in [2.05, 4.69) is 38.4 Å². The van der Waals surface area contributed by atoms with Gasteiger partial charge < -0.3 is 5.32 Å². The van der Waals surface area contributed by atoms with Crippen LogP contribution in [0.1, 0.15) is 52.4 Å². The van der Waals surface area contributed by atoms with Gasteiger partial charge in [0.15, 0.2) is 0 Å². The average Bonchev–Trinajstić information content (AvgIpc) is 2.54. The van der Waals surface area contributed by atoms with E-state index in [4.69, 9.17) is 4.84 Å². The van der Waals surface area contributed by atoms with E-state index in [1.165, 1.54) is 0 Å². The number of rotatable bonds is 15. The monoisotopic (exact) mass is 457 g/mol. The van der Waals surface area contributed by atoms with Gasteiger partial charge in [0.05, 0.1) is 0 Å². The topological polar surface area (TPSA) is 91.5 Å². The van der Waals surface area contributed by atoms with Crippen molar-refractivity contribution in [2.45, 2.75) is 52.4 Å². The molecule has 0 atom stereocenters. The summed E-state index contributed by atoms with van der Waals surface area (Å²) in [6, 6.07) is -0.173. The van der Waals surface area contributed by atoms with Gasteiger partial charge in [-0.05, 0) is 18.8 Å². The summed E-state index contributed by atoms with van der Waals surface area (Å²) in [5, 5.41) is 8.47. The van der Waals surface area contributed by atoms with Gasteiger partial charge in [-0.1, -0.05) is 13.8 Å². The van der Waals surface area contributed by atoms with Crippen LogP contribution in [0.2, 0.25) is 0 Å². The molecule has 0 aromatic rings. The fourth-order valence-corrected chi connectivity index (χ4v) is 2.52. The molecule has 0 aliphatic carbocycles. The van der Waals surface area contributed by atoms with Crippen molar-refractivity contribution in [3.05, 3.63) is 0 Å². The zero-order valence-electron chi connectivity index (χ0n) is 15.3. The van der Waals surface area contributed by atoms with Crippen LogP contribution in [-0.4, -0.2) is 43.1 Å². The third-order valence-electron chi connectivity index (χ3n) is 3.27. The predicted molar refractivity (Wildman–Crippen MR) is 92.0 cm³/mol. The van der Waals surface area contributed by atoms with Crippen molar-refractivity contribution in [2.24, 2.45) is 5.92 Å². The molecule has 0 spiro atoms. The van der Waals surface area contributed by atoms with E-state index in [1.807, 2.05) is 0 Å². The number of carbonyl (C=O) groups is 2. The summed E-state index contributed by atoms with van der Waals surface area (Å²) in [5.74, 6) is 0.820. The number of hydrogen-bond donors (Lipinski definition) is 4. The van der Waals surface area contributed by atoms with Crippen LogP contribution in [0.15, 0.2) is 0 Å². The van der Waals surface area contributed by atoms with E-state index in [0.717, 1.165) is 38.6 Å². The third kappa shape index (κ3) is 17.7. The molecular formula is C16H34IN4O3-. The van der Waals surface area contributed by atoms with Crippen LogP contribution in [0, 0.1) is 5.92 Å². The van der Waals surface area contributed by atoms with Crippen LogP contribution >= 0.6 is 0 Å². The van der Waals surface area contributed by atoms with Gasteiger partial charge in [0, 0.05) is 6.54 Å². The molecule has 0 aliphatic rings. The molecule has 0 saturated carbocycles. The number of amides is 3. The molecule has 0 radical (unpaired) electrons. The number of nitrogens with one attached hydrogen (secondary N) is 4. The molecule has 0 bridgehead atoms. The fraction of sp³-hybridized carbons (Fsp3) is 0.875. The second-order valence-electron chi connectivity index (χ2n) is 5.99. The second-order valence-corrected chi connectivity index (χ2v) is 7.51.